The molecule has 0 saturated heterocycles. The second-order valence-electron chi connectivity index (χ2n) is 6.30. The Morgan fingerprint density at radius 2 is 2.05 bits per heavy atom. The highest BCUT2D eigenvalue weighted by molar-refractivity contribution is 5.47. The van der Waals surface area contributed by atoms with E-state index in [-0.39, 0.29) is 0 Å². The first kappa shape index (κ1) is 14.3. The molecule has 4 nitrogen and oxygen atoms in total. The van der Waals surface area contributed by atoms with Crippen molar-refractivity contribution in [1.82, 2.24) is 9.97 Å². The van der Waals surface area contributed by atoms with Crippen molar-refractivity contribution in [3.8, 4) is 0 Å². The first-order valence-electron chi connectivity index (χ1n) is 7.27. The van der Waals surface area contributed by atoms with Gasteiger partial charge in [-0.25, -0.2) is 9.97 Å². The predicted octanol–water partition coefficient (Wildman–Crippen LogP) is 2.56. The highest BCUT2D eigenvalue weighted by Crippen LogP contribution is 2.25. The number of anilines is 1. The molecule has 1 aliphatic carbocycles. The lowest BCUT2D eigenvalue weighted by atomic mass is 9.93. The van der Waals surface area contributed by atoms with Gasteiger partial charge in [-0.2, -0.15) is 0 Å². The molecule has 0 fully saturated rings. The maximum Gasteiger partial charge on any atom is 0.132 e. The number of aliphatic hydroxyl groups is 1. The molecular formula is C15H25N3O. The smallest absolute Gasteiger partial charge is 0.132 e. The van der Waals surface area contributed by atoms with E-state index >= 15 is 0 Å². The summed E-state index contributed by atoms with van der Waals surface area (Å²) in [5.74, 6) is 1.39. The molecule has 0 aromatic carbocycles. The van der Waals surface area contributed by atoms with Crippen LogP contribution < -0.4 is 5.32 Å². The topological polar surface area (TPSA) is 58.0 Å². The summed E-state index contributed by atoms with van der Waals surface area (Å²) in [6, 6.07) is 0. The van der Waals surface area contributed by atoms with Gasteiger partial charge in [0, 0.05) is 17.8 Å². The van der Waals surface area contributed by atoms with E-state index in [1.54, 1.807) is 6.33 Å². The molecule has 2 N–H and O–H groups in total. The number of aryl methyl sites for hydroxylation is 1. The minimum atomic E-state index is -0.694. The molecule has 0 saturated carbocycles. The Hall–Kier alpha value is -1.16. The highest BCUT2D eigenvalue weighted by Gasteiger charge is 2.23. The third kappa shape index (κ3) is 3.90. The van der Waals surface area contributed by atoms with Crippen LogP contribution in [0.25, 0.3) is 0 Å². The third-order valence-corrected chi connectivity index (χ3v) is 3.61. The first-order chi connectivity index (χ1) is 8.98. The summed E-state index contributed by atoms with van der Waals surface area (Å²) in [6.45, 7) is 6.67. The van der Waals surface area contributed by atoms with Gasteiger partial charge in [0.25, 0.3) is 0 Å². The van der Waals surface area contributed by atoms with Crippen LogP contribution in [0.1, 0.15) is 51.3 Å². The Labute approximate surface area is 115 Å². The molecule has 0 aliphatic heterocycles. The van der Waals surface area contributed by atoms with Gasteiger partial charge in [0.05, 0.1) is 5.60 Å². The molecule has 0 amide bonds. The minimum absolute atomic E-state index is 0.483. The standard InChI is InChI=1S/C15H25N3O/c1-11(2)8-15(3,19)9-16-14-12-6-4-5-7-13(12)17-10-18-14/h10-11,19H,4-9H2,1-3H3,(H,16,17,18). The van der Waals surface area contributed by atoms with Gasteiger partial charge in [0.1, 0.15) is 12.1 Å². The van der Waals surface area contributed by atoms with E-state index in [1.807, 2.05) is 6.92 Å². The lowest BCUT2D eigenvalue weighted by molar-refractivity contribution is 0.0514. The van der Waals surface area contributed by atoms with Crippen molar-refractivity contribution in [3.63, 3.8) is 0 Å². The SMILES string of the molecule is CC(C)CC(C)(O)CNc1ncnc2c1CCCC2. The number of rotatable bonds is 5. The average Bonchev–Trinajstić information content (AvgIpc) is 2.35. The van der Waals surface area contributed by atoms with Gasteiger partial charge in [0.15, 0.2) is 0 Å². The van der Waals surface area contributed by atoms with Crippen LogP contribution in [0.4, 0.5) is 5.82 Å². The maximum atomic E-state index is 10.3. The molecule has 0 radical (unpaired) electrons. The Morgan fingerprint density at radius 3 is 2.79 bits per heavy atom. The zero-order valence-corrected chi connectivity index (χ0v) is 12.2. The second-order valence-corrected chi connectivity index (χ2v) is 6.30. The number of hydrogen-bond acceptors (Lipinski definition) is 4. The zero-order chi connectivity index (χ0) is 13.9. The summed E-state index contributed by atoms with van der Waals surface area (Å²) >= 11 is 0. The lowest BCUT2D eigenvalue weighted by Crippen LogP contribution is -2.35. The van der Waals surface area contributed by atoms with Gasteiger partial charge in [0.2, 0.25) is 0 Å². The lowest BCUT2D eigenvalue weighted by Gasteiger charge is -2.27. The van der Waals surface area contributed by atoms with E-state index in [4.69, 9.17) is 0 Å². The van der Waals surface area contributed by atoms with Gasteiger partial charge in [-0.15, -0.1) is 0 Å². The summed E-state index contributed by atoms with van der Waals surface area (Å²) in [7, 11) is 0. The van der Waals surface area contributed by atoms with Crippen molar-refractivity contribution in [2.45, 2.75) is 58.5 Å². The van der Waals surface area contributed by atoms with Crippen LogP contribution >= 0.6 is 0 Å². The van der Waals surface area contributed by atoms with Crippen LogP contribution in [0.5, 0.6) is 0 Å². The van der Waals surface area contributed by atoms with Gasteiger partial charge in [-0.05, 0) is 44.9 Å². The Kier molecular flexibility index (Phi) is 4.40. The fourth-order valence-electron chi connectivity index (χ4n) is 2.90. The Morgan fingerprint density at radius 1 is 1.32 bits per heavy atom. The first-order valence-corrected chi connectivity index (χ1v) is 7.27. The number of hydrogen-bond donors (Lipinski definition) is 2. The van der Waals surface area contributed by atoms with Crippen LogP contribution in [0.3, 0.4) is 0 Å². The van der Waals surface area contributed by atoms with E-state index in [2.05, 4.69) is 29.1 Å². The van der Waals surface area contributed by atoms with E-state index in [0.717, 1.165) is 25.1 Å². The number of fused-ring (bicyclic) bond motifs is 1. The molecule has 4 heteroatoms. The van der Waals surface area contributed by atoms with E-state index in [9.17, 15) is 5.11 Å². The fraction of sp³-hybridized carbons (Fsp3) is 0.733. The van der Waals surface area contributed by atoms with Gasteiger partial charge in [-0.3, -0.25) is 0 Å². The molecule has 1 atom stereocenters. The predicted molar refractivity (Wildman–Crippen MR) is 77.2 cm³/mol. The monoisotopic (exact) mass is 263 g/mol. The van der Waals surface area contributed by atoms with E-state index in [1.165, 1.54) is 24.1 Å². The number of nitrogens with zero attached hydrogens (tertiary/aromatic N) is 2. The van der Waals surface area contributed by atoms with Crippen molar-refractivity contribution in [3.05, 3.63) is 17.6 Å². The van der Waals surface area contributed by atoms with Crippen LogP contribution in [-0.2, 0) is 12.8 Å². The summed E-state index contributed by atoms with van der Waals surface area (Å²) < 4.78 is 0. The fourth-order valence-corrected chi connectivity index (χ4v) is 2.90. The van der Waals surface area contributed by atoms with E-state index in [0.29, 0.717) is 12.5 Å². The molecule has 0 spiro atoms. The molecule has 0 bridgehead atoms. The molecular weight excluding hydrogens is 238 g/mol. The average molecular weight is 263 g/mol. The molecule has 1 heterocycles. The van der Waals surface area contributed by atoms with Gasteiger partial charge >= 0.3 is 0 Å². The minimum Gasteiger partial charge on any atom is -0.388 e. The number of nitrogens with one attached hydrogen (secondary N) is 1. The van der Waals surface area contributed by atoms with E-state index < -0.39 is 5.60 Å². The normalized spacial score (nSPS) is 17.9. The molecule has 1 unspecified atom stereocenters. The summed E-state index contributed by atoms with van der Waals surface area (Å²) in [6.07, 6.45) is 6.93. The third-order valence-electron chi connectivity index (χ3n) is 3.61. The number of aromatic nitrogens is 2. The largest absolute Gasteiger partial charge is 0.388 e. The van der Waals surface area contributed by atoms with Crippen molar-refractivity contribution in [2.75, 3.05) is 11.9 Å². The van der Waals surface area contributed by atoms with Crippen molar-refractivity contribution in [1.29, 1.82) is 0 Å². The molecule has 2 rings (SSSR count). The van der Waals surface area contributed by atoms with Gasteiger partial charge in [-0.1, -0.05) is 13.8 Å². The van der Waals surface area contributed by atoms with Crippen LogP contribution in [-0.4, -0.2) is 27.2 Å². The molecule has 1 aromatic heterocycles. The molecule has 1 aromatic rings. The zero-order valence-electron chi connectivity index (χ0n) is 12.2. The van der Waals surface area contributed by atoms with Crippen molar-refractivity contribution < 1.29 is 5.11 Å². The van der Waals surface area contributed by atoms with Gasteiger partial charge < -0.3 is 10.4 Å². The highest BCUT2D eigenvalue weighted by atomic mass is 16.3. The quantitative estimate of drug-likeness (QED) is 0.857. The molecule has 106 valence electrons. The van der Waals surface area contributed by atoms with Crippen LogP contribution in [0, 0.1) is 5.92 Å². The molecule has 1 aliphatic rings. The second kappa shape index (κ2) is 5.87. The van der Waals surface area contributed by atoms with Crippen molar-refractivity contribution >= 4 is 5.82 Å². The Balaban J connectivity index is 2.04. The van der Waals surface area contributed by atoms with Crippen LogP contribution in [0.15, 0.2) is 6.33 Å². The summed E-state index contributed by atoms with van der Waals surface area (Å²) in [5.41, 5.74) is 1.72. The summed E-state index contributed by atoms with van der Waals surface area (Å²) in [4.78, 5) is 8.70. The summed E-state index contributed by atoms with van der Waals surface area (Å²) in [5, 5.41) is 13.7. The molecule has 19 heavy (non-hydrogen) atoms. The maximum absolute atomic E-state index is 10.3. The van der Waals surface area contributed by atoms with Crippen molar-refractivity contribution in [2.24, 2.45) is 5.92 Å². The van der Waals surface area contributed by atoms with Crippen LogP contribution in [0.2, 0.25) is 0 Å². The Bertz CT molecular complexity index is 429.